The van der Waals surface area contributed by atoms with Crippen LogP contribution in [-0.2, 0) is 0 Å². The number of fused-ring (bicyclic) bond motifs is 4. The van der Waals surface area contributed by atoms with Gasteiger partial charge in [-0.3, -0.25) is 14.9 Å². The molecule has 0 aliphatic carbocycles. The van der Waals surface area contributed by atoms with Gasteiger partial charge in [0.2, 0.25) is 0 Å². The molecule has 1 fully saturated rings. The molecule has 8 heteroatoms. The average Bonchev–Trinajstić information content (AvgIpc) is 3.13. The van der Waals surface area contributed by atoms with Gasteiger partial charge < -0.3 is 10.2 Å². The number of rotatable bonds is 2. The molecule has 140 valence electrons. The van der Waals surface area contributed by atoms with Crippen molar-refractivity contribution in [1.82, 2.24) is 19.9 Å². The van der Waals surface area contributed by atoms with Gasteiger partial charge in [-0.25, -0.2) is 14.8 Å². The third-order valence-corrected chi connectivity index (χ3v) is 5.15. The molecule has 1 saturated heterocycles. The molecule has 0 spiro atoms. The minimum Gasteiger partial charge on any atom is -0.365 e. The van der Waals surface area contributed by atoms with E-state index in [1.807, 2.05) is 31.3 Å². The lowest BCUT2D eigenvalue weighted by Gasteiger charge is -2.35. The SMILES string of the molecule is Cc1ccc(-c2ncc3c(n2)N(C(=O)Nc2cccnc2)[C@H]2CCN3C2)cn1. The molecule has 5 heterocycles. The number of hydrogen-bond acceptors (Lipinski definition) is 6. The summed E-state index contributed by atoms with van der Waals surface area (Å²) >= 11 is 0. The Morgan fingerprint density at radius 2 is 2.11 bits per heavy atom. The fourth-order valence-electron chi connectivity index (χ4n) is 3.73. The third-order valence-electron chi connectivity index (χ3n) is 5.15. The van der Waals surface area contributed by atoms with Crippen molar-refractivity contribution < 1.29 is 4.79 Å². The summed E-state index contributed by atoms with van der Waals surface area (Å²) in [4.78, 5) is 34.8. The number of urea groups is 1. The van der Waals surface area contributed by atoms with Gasteiger partial charge in [-0.05, 0) is 37.6 Å². The van der Waals surface area contributed by atoms with Crippen molar-refractivity contribution in [2.75, 3.05) is 28.2 Å². The highest BCUT2D eigenvalue weighted by atomic mass is 16.2. The highest BCUT2D eigenvalue weighted by molar-refractivity contribution is 6.04. The van der Waals surface area contributed by atoms with Gasteiger partial charge in [-0.15, -0.1) is 0 Å². The Morgan fingerprint density at radius 1 is 1.18 bits per heavy atom. The summed E-state index contributed by atoms with van der Waals surface area (Å²) < 4.78 is 0. The second-order valence-electron chi connectivity index (χ2n) is 7.02. The Labute approximate surface area is 162 Å². The number of pyridine rings is 2. The van der Waals surface area contributed by atoms with Gasteiger partial charge in [-0.1, -0.05) is 0 Å². The predicted octanol–water partition coefficient (Wildman–Crippen LogP) is 2.87. The molecule has 0 aromatic carbocycles. The van der Waals surface area contributed by atoms with Gasteiger partial charge in [0, 0.05) is 36.7 Å². The summed E-state index contributed by atoms with van der Waals surface area (Å²) in [5, 5.41) is 2.94. The zero-order chi connectivity index (χ0) is 19.1. The highest BCUT2D eigenvalue weighted by Gasteiger charge is 2.40. The van der Waals surface area contributed by atoms with Crippen LogP contribution < -0.4 is 15.1 Å². The zero-order valence-corrected chi connectivity index (χ0v) is 15.4. The Balaban J connectivity index is 1.53. The molecule has 8 nitrogen and oxygen atoms in total. The first-order valence-electron chi connectivity index (χ1n) is 9.24. The van der Waals surface area contributed by atoms with Crippen LogP contribution in [0.2, 0.25) is 0 Å². The van der Waals surface area contributed by atoms with Gasteiger partial charge in [0.1, 0.15) is 0 Å². The lowest BCUT2D eigenvalue weighted by atomic mass is 10.2. The molecule has 1 N–H and O–H groups in total. The summed E-state index contributed by atoms with van der Waals surface area (Å²) in [5.74, 6) is 1.20. The van der Waals surface area contributed by atoms with Gasteiger partial charge >= 0.3 is 6.03 Å². The standard InChI is InChI=1S/C20H19N7O/c1-13-4-5-14(9-22-13)18-23-11-17-19(25-18)27(16-6-8-26(17)12-16)20(28)24-15-3-2-7-21-10-15/h2-5,7,9-11,16H,6,8,12H2,1H3,(H,24,28)/t16-/m0/s1. The molecule has 0 radical (unpaired) electrons. The van der Waals surface area contributed by atoms with E-state index in [1.165, 1.54) is 0 Å². The molecule has 2 amide bonds. The van der Waals surface area contributed by atoms with E-state index < -0.39 is 0 Å². The smallest absolute Gasteiger partial charge is 0.327 e. The first-order chi connectivity index (χ1) is 13.7. The monoisotopic (exact) mass is 373 g/mol. The highest BCUT2D eigenvalue weighted by Crippen LogP contribution is 2.39. The predicted molar refractivity (Wildman–Crippen MR) is 106 cm³/mol. The van der Waals surface area contributed by atoms with Crippen molar-refractivity contribution >= 4 is 23.2 Å². The summed E-state index contributed by atoms with van der Waals surface area (Å²) in [7, 11) is 0. The lowest BCUT2D eigenvalue weighted by Crippen LogP contribution is -2.48. The number of nitrogens with zero attached hydrogens (tertiary/aromatic N) is 6. The summed E-state index contributed by atoms with van der Waals surface area (Å²) in [6, 6.07) is 7.37. The van der Waals surface area contributed by atoms with E-state index in [0.717, 1.165) is 36.5 Å². The van der Waals surface area contributed by atoms with Crippen molar-refractivity contribution in [3.05, 3.63) is 54.7 Å². The number of anilines is 3. The van der Waals surface area contributed by atoms with Crippen LogP contribution in [0.1, 0.15) is 12.1 Å². The van der Waals surface area contributed by atoms with Crippen molar-refractivity contribution in [3.63, 3.8) is 0 Å². The van der Waals surface area contributed by atoms with Crippen LogP contribution in [0.4, 0.5) is 22.0 Å². The number of hydrogen-bond donors (Lipinski definition) is 1. The van der Waals surface area contributed by atoms with Crippen molar-refractivity contribution in [3.8, 4) is 11.4 Å². The third kappa shape index (κ3) is 2.83. The summed E-state index contributed by atoms with van der Waals surface area (Å²) in [6.07, 6.45) is 7.78. The van der Waals surface area contributed by atoms with E-state index in [9.17, 15) is 4.79 Å². The maximum Gasteiger partial charge on any atom is 0.327 e. The molecule has 1 atom stereocenters. The molecule has 2 aliphatic rings. The molecular formula is C20H19N7O. The molecule has 2 bridgehead atoms. The van der Waals surface area contributed by atoms with Crippen LogP contribution in [-0.4, -0.2) is 45.1 Å². The largest absolute Gasteiger partial charge is 0.365 e. The van der Waals surface area contributed by atoms with Crippen molar-refractivity contribution in [2.45, 2.75) is 19.4 Å². The second-order valence-corrected chi connectivity index (χ2v) is 7.02. The summed E-state index contributed by atoms with van der Waals surface area (Å²) in [6.45, 7) is 3.62. The molecule has 0 saturated carbocycles. The lowest BCUT2D eigenvalue weighted by molar-refractivity contribution is 0.255. The average molecular weight is 373 g/mol. The zero-order valence-electron chi connectivity index (χ0n) is 15.4. The second kappa shape index (κ2) is 6.56. The van der Waals surface area contributed by atoms with Crippen LogP contribution in [0.3, 0.4) is 0 Å². The fraction of sp³-hybridized carbons (Fsp3) is 0.250. The van der Waals surface area contributed by atoms with Crippen molar-refractivity contribution in [2.24, 2.45) is 0 Å². The molecular weight excluding hydrogens is 354 g/mol. The molecule has 5 rings (SSSR count). The number of carbonyl (C=O) groups excluding carboxylic acids is 1. The Bertz CT molecular complexity index is 1020. The van der Waals surface area contributed by atoms with E-state index >= 15 is 0 Å². The maximum atomic E-state index is 13.1. The van der Waals surface area contributed by atoms with Crippen LogP contribution >= 0.6 is 0 Å². The maximum absolute atomic E-state index is 13.1. The number of amides is 2. The van der Waals surface area contributed by atoms with E-state index in [4.69, 9.17) is 4.98 Å². The first-order valence-corrected chi connectivity index (χ1v) is 9.24. The normalized spacial score (nSPS) is 17.4. The molecule has 3 aromatic heterocycles. The van der Waals surface area contributed by atoms with Gasteiger partial charge in [0.05, 0.1) is 29.8 Å². The number of aryl methyl sites for hydroxylation is 1. The Morgan fingerprint density at radius 3 is 2.89 bits per heavy atom. The van der Waals surface area contributed by atoms with E-state index in [-0.39, 0.29) is 12.1 Å². The fourth-order valence-corrected chi connectivity index (χ4v) is 3.73. The Hall–Kier alpha value is -3.55. The molecule has 2 aliphatic heterocycles. The number of nitrogens with one attached hydrogen (secondary N) is 1. The van der Waals surface area contributed by atoms with Crippen LogP contribution in [0.15, 0.2) is 49.1 Å². The van der Waals surface area contributed by atoms with Crippen molar-refractivity contribution in [1.29, 1.82) is 0 Å². The molecule has 3 aromatic rings. The Kier molecular flexibility index (Phi) is 3.89. The molecule has 28 heavy (non-hydrogen) atoms. The van der Waals surface area contributed by atoms with Gasteiger partial charge in [0.15, 0.2) is 11.6 Å². The van der Waals surface area contributed by atoms with E-state index in [0.29, 0.717) is 17.3 Å². The van der Waals surface area contributed by atoms with E-state index in [2.05, 4.69) is 25.2 Å². The van der Waals surface area contributed by atoms with Crippen LogP contribution in [0.5, 0.6) is 0 Å². The van der Waals surface area contributed by atoms with Crippen LogP contribution in [0, 0.1) is 6.92 Å². The first kappa shape index (κ1) is 16.6. The number of carbonyl (C=O) groups is 1. The van der Waals surface area contributed by atoms with Crippen LogP contribution in [0.25, 0.3) is 11.4 Å². The minimum absolute atomic E-state index is 0.0862. The summed E-state index contributed by atoms with van der Waals surface area (Å²) in [5.41, 5.74) is 3.31. The van der Waals surface area contributed by atoms with E-state index in [1.54, 1.807) is 29.6 Å². The quantitative estimate of drug-likeness (QED) is 0.743. The molecule has 0 unspecified atom stereocenters. The van der Waals surface area contributed by atoms with Gasteiger partial charge in [0.25, 0.3) is 0 Å². The minimum atomic E-state index is -0.201. The topological polar surface area (TPSA) is 87.1 Å². The number of aromatic nitrogens is 4. The van der Waals surface area contributed by atoms with Gasteiger partial charge in [-0.2, -0.15) is 0 Å².